The molecule has 1 aliphatic heterocycles. The number of nitrogens with zero attached hydrogens (tertiary/aromatic N) is 1. The summed E-state index contributed by atoms with van der Waals surface area (Å²) >= 11 is 0. The van der Waals surface area contributed by atoms with Crippen molar-refractivity contribution in [1.82, 2.24) is 10.2 Å². The summed E-state index contributed by atoms with van der Waals surface area (Å²) in [6, 6.07) is 2.02. The van der Waals surface area contributed by atoms with Crippen LogP contribution in [0.1, 0.15) is 28.8 Å². The summed E-state index contributed by atoms with van der Waals surface area (Å²) in [5, 5.41) is 2.70. The summed E-state index contributed by atoms with van der Waals surface area (Å²) in [6.45, 7) is 3.96. The number of nitrogens with one attached hydrogen (secondary N) is 1. The molecule has 20 heavy (non-hydrogen) atoms. The molecule has 1 amide bonds. The Bertz CT molecular complexity index is 505. The van der Waals surface area contributed by atoms with Crippen LogP contribution in [0, 0.1) is 24.5 Å². The van der Waals surface area contributed by atoms with E-state index in [1.807, 2.05) is 7.05 Å². The normalized spacial score (nSPS) is 19.9. The van der Waals surface area contributed by atoms with Crippen LogP contribution in [0.3, 0.4) is 0 Å². The van der Waals surface area contributed by atoms with E-state index in [0.717, 1.165) is 38.1 Å². The Hall–Kier alpha value is -1.49. The van der Waals surface area contributed by atoms with Crippen molar-refractivity contribution in [2.24, 2.45) is 5.92 Å². The van der Waals surface area contributed by atoms with Crippen LogP contribution >= 0.6 is 0 Å². The second kappa shape index (κ2) is 6.31. The molecule has 1 atom stereocenters. The third kappa shape index (κ3) is 3.54. The van der Waals surface area contributed by atoms with Gasteiger partial charge in [0.1, 0.15) is 11.6 Å². The Morgan fingerprint density at radius 1 is 1.40 bits per heavy atom. The van der Waals surface area contributed by atoms with E-state index < -0.39 is 17.5 Å². The summed E-state index contributed by atoms with van der Waals surface area (Å²) in [5.41, 5.74) is -0.0229. The largest absolute Gasteiger partial charge is 0.352 e. The van der Waals surface area contributed by atoms with Crippen LogP contribution in [-0.4, -0.2) is 37.5 Å². The van der Waals surface area contributed by atoms with Crippen LogP contribution in [0.15, 0.2) is 12.1 Å². The summed E-state index contributed by atoms with van der Waals surface area (Å²) in [5.74, 6) is -1.42. The lowest BCUT2D eigenvalue weighted by atomic mass is 9.98. The van der Waals surface area contributed by atoms with Crippen molar-refractivity contribution in [3.05, 3.63) is 34.9 Å². The fraction of sp³-hybridized carbons (Fsp3) is 0.533. The minimum Gasteiger partial charge on any atom is -0.352 e. The molecular weight excluding hydrogens is 262 g/mol. The topological polar surface area (TPSA) is 32.3 Å². The van der Waals surface area contributed by atoms with Gasteiger partial charge in [0.05, 0.1) is 5.56 Å². The van der Waals surface area contributed by atoms with Gasteiger partial charge in [0.15, 0.2) is 0 Å². The lowest BCUT2D eigenvalue weighted by molar-refractivity contribution is 0.0932. The second-order valence-electron chi connectivity index (χ2n) is 5.56. The van der Waals surface area contributed by atoms with Gasteiger partial charge in [0.2, 0.25) is 0 Å². The quantitative estimate of drug-likeness (QED) is 0.923. The minimum atomic E-state index is -0.679. The Labute approximate surface area is 118 Å². The number of amides is 1. The first-order valence-electron chi connectivity index (χ1n) is 6.89. The molecule has 0 radical (unpaired) electrons. The maximum Gasteiger partial charge on any atom is 0.254 e. The lowest BCUT2D eigenvalue weighted by Gasteiger charge is -2.29. The van der Waals surface area contributed by atoms with Gasteiger partial charge in [-0.2, -0.15) is 0 Å². The van der Waals surface area contributed by atoms with Gasteiger partial charge < -0.3 is 10.2 Å². The summed E-state index contributed by atoms with van der Waals surface area (Å²) in [7, 11) is 2.04. The maximum atomic E-state index is 13.7. The number of hydrogen-bond donors (Lipinski definition) is 1. The number of carbonyl (C=O) groups is 1. The van der Waals surface area contributed by atoms with Crippen LogP contribution in [-0.2, 0) is 0 Å². The van der Waals surface area contributed by atoms with Crippen molar-refractivity contribution in [1.29, 1.82) is 0 Å². The third-order valence-corrected chi connectivity index (χ3v) is 3.77. The van der Waals surface area contributed by atoms with Crippen LogP contribution < -0.4 is 5.32 Å². The van der Waals surface area contributed by atoms with Crippen molar-refractivity contribution in [3.63, 3.8) is 0 Å². The van der Waals surface area contributed by atoms with Crippen molar-refractivity contribution in [2.45, 2.75) is 19.8 Å². The van der Waals surface area contributed by atoms with E-state index in [4.69, 9.17) is 0 Å². The van der Waals surface area contributed by atoms with Gasteiger partial charge in [-0.3, -0.25) is 4.79 Å². The summed E-state index contributed by atoms with van der Waals surface area (Å²) in [6.07, 6.45) is 2.15. The molecule has 0 saturated carbocycles. The van der Waals surface area contributed by atoms with Gasteiger partial charge in [0.25, 0.3) is 5.91 Å². The highest BCUT2D eigenvalue weighted by Crippen LogP contribution is 2.16. The first kappa shape index (κ1) is 14.9. The standard InChI is InChI=1S/C15H20F2N2O/c1-10-6-14(17)12(7-13(10)16)15(20)18-8-11-4-3-5-19(2)9-11/h6-7,11H,3-5,8-9H2,1-2H3,(H,18,20). The zero-order chi connectivity index (χ0) is 14.7. The Balaban J connectivity index is 1.96. The van der Waals surface area contributed by atoms with Crippen LogP contribution in [0.2, 0.25) is 0 Å². The summed E-state index contributed by atoms with van der Waals surface area (Å²) < 4.78 is 27.1. The number of carbonyl (C=O) groups excluding carboxylic acids is 1. The van der Waals surface area contributed by atoms with Crippen LogP contribution in [0.5, 0.6) is 0 Å². The first-order chi connectivity index (χ1) is 9.47. The second-order valence-corrected chi connectivity index (χ2v) is 5.56. The molecule has 1 aromatic rings. The molecule has 0 aliphatic carbocycles. The molecule has 1 saturated heterocycles. The predicted octanol–water partition coefficient (Wildman–Crippen LogP) is 2.34. The number of rotatable bonds is 3. The van der Waals surface area contributed by atoms with Crippen molar-refractivity contribution in [3.8, 4) is 0 Å². The number of benzene rings is 1. The van der Waals surface area contributed by atoms with Gasteiger partial charge >= 0.3 is 0 Å². The number of halogens is 2. The van der Waals surface area contributed by atoms with E-state index in [9.17, 15) is 13.6 Å². The first-order valence-corrected chi connectivity index (χ1v) is 6.89. The number of piperidine rings is 1. The minimum absolute atomic E-state index is 0.202. The van der Waals surface area contributed by atoms with Crippen LogP contribution in [0.25, 0.3) is 0 Å². The van der Waals surface area contributed by atoms with Gasteiger partial charge in [-0.05, 0) is 57.0 Å². The predicted molar refractivity (Wildman–Crippen MR) is 73.6 cm³/mol. The Kier molecular flexibility index (Phi) is 4.70. The molecule has 1 aromatic carbocycles. The average molecular weight is 282 g/mol. The molecular formula is C15H20F2N2O. The highest BCUT2D eigenvalue weighted by Gasteiger charge is 2.19. The fourth-order valence-electron chi connectivity index (χ4n) is 2.59. The SMILES string of the molecule is Cc1cc(F)c(C(=O)NCC2CCCN(C)C2)cc1F. The molecule has 5 heteroatoms. The molecule has 0 spiro atoms. The van der Waals surface area contributed by atoms with E-state index >= 15 is 0 Å². The van der Waals surface area contributed by atoms with Gasteiger partial charge in [-0.15, -0.1) is 0 Å². The zero-order valence-corrected chi connectivity index (χ0v) is 11.9. The molecule has 0 bridgehead atoms. The molecule has 1 heterocycles. The number of aryl methyl sites for hydroxylation is 1. The molecule has 110 valence electrons. The summed E-state index contributed by atoms with van der Waals surface area (Å²) in [4.78, 5) is 14.1. The highest BCUT2D eigenvalue weighted by molar-refractivity contribution is 5.94. The van der Waals surface area contributed by atoms with Gasteiger partial charge in [0, 0.05) is 13.1 Å². The molecule has 1 unspecified atom stereocenters. The Morgan fingerprint density at radius 3 is 2.85 bits per heavy atom. The van der Waals surface area contributed by atoms with Crippen molar-refractivity contribution >= 4 is 5.91 Å². The average Bonchev–Trinajstić information content (AvgIpc) is 2.40. The molecule has 0 aromatic heterocycles. The lowest BCUT2D eigenvalue weighted by Crippen LogP contribution is -2.39. The molecule has 2 rings (SSSR count). The van der Waals surface area contributed by atoms with E-state index in [2.05, 4.69) is 10.2 Å². The third-order valence-electron chi connectivity index (χ3n) is 3.77. The van der Waals surface area contributed by atoms with Crippen molar-refractivity contribution < 1.29 is 13.6 Å². The molecule has 1 N–H and O–H groups in total. The number of hydrogen-bond acceptors (Lipinski definition) is 2. The monoisotopic (exact) mass is 282 g/mol. The van der Waals surface area contributed by atoms with E-state index in [0.29, 0.717) is 12.5 Å². The highest BCUT2D eigenvalue weighted by atomic mass is 19.1. The smallest absolute Gasteiger partial charge is 0.254 e. The van der Waals surface area contributed by atoms with Crippen LogP contribution in [0.4, 0.5) is 8.78 Å². The van der Waals surface area contributed by atoms with E-state index in [1.54, 1.807) is 0 Å². The van der Waals surface area contributed by atoms with Crippen molar-refractivity contribution in [2.75, 3.05) is 26.7 Å². The zero-order valence-electron chi connectivity index (χ0n) is 11.9. The Morgan fingerprint density at radius 2 is 2.15 bits per heavy atom. The number of likely N-dealkylation sites (tertiary alicyclic amines) is 1. The molecule has 1 fully saturated rings. The van der Waals surface area contributed by atoms with E-state index in [-0.39, 0.29) is 11.1 Å². The van der Waals surface area contributed by atoms with E-state index in [1.165, 1.54) is 6.92 Å². The van der Waals surface area contributed by atoms with Gasteiger partial charge in [-0.25, -0.2) is 8.78 Å². The van der Waals surface area contributed by atoms with Gasteiger partial charge in [-0.1, -0.05) is 0 Å². The maximum absolute atomic E-state index is 13.7. The molecule has 3 nitrogen and oxygen atoms in total. The molecule has 1 aliphatic rings. The fourth-order valence-corrected chi connectivity index (χ4v) is 2.59.